The quantitative estimate of drug-likeness (QED) is 0.450. The van der Waals surface area contributed by atoms with E-state index in [2.05, 4.69) is 15.5 Å². The molecule has 3 rings (SSSR count). The maximum Gasteiger partial charge on any atom is 0.335 e. The molecule has 0 bridgehead atoms. The number of nitrogens with zero attached hydrogens (tertiary/aromatic N) is 2. The molecule has 3 aromatic rings. The first kappa shape index (κ1) is 20.1. The van der Waals surface area contributed by atoms with Crippen molar-refractivity contribution in [1.29, 1.82) is 0 Å². The van der Waals surface area contributed by atoms with Gasteiger partial charge in [0.25, 0.3) is 11.5 Å². The predicted octanol–water partition coefficient (Wildman–Crippen LogP) is 2.35. The van der Waals surface area contributed by atoms with E-state index in [9.17, 15) is 19.5 Å². The maximum atomic E-state index is 12.3. The maximum absolute atomic E-state index is 12.3. The number of rotatable bonds is 4. The summed E-state index contributed by atoms with van der Waals surface area (Å²) in [6, 6.07) is 13.2. The van der Waals surface area contributed by atoms with E-state index in [1.807, 2.05) is 6.92 Å². The molecule has 9 heteroatoms. The summed E-state index contributed by atoms with van der Waals surface area (Å²) in [7, 11) is 0. The van der Waals surface area contributed by atoms with Crippen molar-refractivity contribution in [3.8, 4) is 11.6 Å². The Balaban J connectivity index is 2.01. The number of H-pyrrole nitrogens is 1. The fraction of sp³-hybridized carbons (Fsp3) is 0.100. The normalized spacial score (nSPS) is 11.3. The van der Waals surface area contributed by atoms with Gasteiger partial charge in [-0.05, 0) is 38.1 Å². The molecule has 0 unspecified atom stereocenters. The van der Waals surface area contributed by atoms with E-state index in [0.717, 1.165) is 10.1 Å². The zero-order chi connectivity index (χ0) is 21.1. The minimum Gasteiger partial charge on any atom is -0.493 e. The Labute approximate surface area is 170 Å². The lowest BCUT2D eigenvalue weighted by molar-refractivity contribution is 0.0955. The van der Waals surface area contributed by atoms with Gasteiger partial charge in [0.15, 0.2) is 0 Å². The fourth-order valence-electron chi connectivity index (χ4n) is 2.68. The van der Waals surface area contributed by atoms with Gasteiger partial charge in [0.2, 0.25) is 5.88 Å². The molecule has 0 aliphatic carbocycles. The van der Waals surface area contributed by atoms with Gasteiger partial charge in [-0.15, -0.1) is 0 Å². The number of hydrazone groups is 1. The first-order chi connectivity index (χ1) is 13.8. The monoisotopic (exact) mass is 412 g/mol. The van der Waals surface area contributed by atoms with Crippen LogP contribution in [0.4, 0.5) is 0 Å². The second-order valence-electron chi connectivity index (χ2n) is 6.25. The lowest BCUT2D eigenvalue weighted by Crippen LogP contribution is -2.33. The van der Waals surface area contributed by atoms with Crippen LogP contribution in [0.25, 0.3) is 5.69 Å². The average Bonchev–Trinajstić information content (AvgIpc) is 2.67. The molecule has 0 aliphatic rings. The van der Waals surface area contributed by atoms with Crippen LogP contribution in [0, 0.1) is 6.92 Å². The van der Waals surface area contributed by atoms with Gasteiger partial charge >= 0.3 is 5.69 Å². The van der Waals surface area contributed by atoms with E-state index in [0.29, 0.717) is 5.69 Å². The number of hydrogen-bond donors (Lipinski definition) is 3. The van der Waals surface area contributed by atoms with Crippen molar-refractivity contribution in [3.63, 3.8) is 0 Å². The summed E-state index contributed by atoms with van der Waals surface area (Å²) >= 11 is 5.98. The van der Waals surface area contributed by atoms with Gasteiger partial charge in [-0.1, -0.05) is 41.4 Å². The summed E-state index contributed by atoms with van der Waals surface area (Å²) in [4.78, 5) is 38.9. The first-order valence-electron chi connectivity index (χ1n) is 8.54. The molecule has 0 saturated carbocycles. The van der Waals surface area contributed by atoms with Crippen molar-refractivity contribution < 1.29 is 9.90 Å². The summed E-state index contributed by atoms with van der Waals surface area (Å²) < 4.78 is 0.949. The Morgan fingerprint density at radius 2 is 1.79 bits per heavy atom. The van der Waals surface area contributed by atoms with Gasteiger partial charge in [-0.3, -0.25) is 14.6 Å². The van der Waals surface area contributed by atoms with E-state index >= 15 is 0 Å². The number of nitrogens with one attached hydrogen (secondary N) is 2. The molecule has 3 N–H and O–H groups in total. The molecule has 29 heavy (non-hydrogen) atoms. The van der Waals surface area contributed by atoms with Crippen LogP contribution in [0.5, 0.6) is 5.88 Å². The minimum absolute atomic E-state index is 0.00464. The van der Waals surface area contributed by atoms with Crippen molar-refractivity contribution in [2.75, 3.05) is 0 Å². The number of aryl methyl sites for hydroxylation is 1. The molecular weight excluding hydrogens is 396 g/mol. The van der Waals surface area contributed by atoms with Gasteiger partial charge < -0.3 is 5.11 Å². The van der Waals surface area contributed by atoms with Crippen LogP contribution < -0.4 is 16.7 Å². The highest BCUT2D eigenvalue weighted by Gasteiger charge is 2.18. The van der Waals surface area contributed by atoms with Crippen molar-refractivity contribution in [1.82, 2.24) is 15.0 Å². The van der Waals surface area contributed by atoms with E-state index < -0.39 is 23.0 Å². The van der Waals surface area contributed by atoms with Gasteiger partial charge in [0.1, 0.15) is 5.56 Å². The number of benzene rings is 2. The van der Waals surface area contributed by atoms with Gasteiger partial charge in [0, 0.05) is 0 Å². The molecular formula is C20H17ClN4O4. The van der Waals surface area contributed by atoms with Crippen LogP contribution in [0.15, 0.2) is 63.2 Å². The number of aromatic nitrogens is 2. The van der Waals surface area contributed by atoms with E-state index in [1.165, 1.54) is 13.0 Å². The summed E-state index contributed by atoms with van der Waals surface area (Å²) in [5.74, 6) is -1.17. The van der Waals surface area contributed by atoms with Crippen LogP contribution in [0.3, 0.4) is 0 Å². The summed E-state index contributed by atoms with van der Waals surface area (Å²) in [6.07, 6.45) is 0. The highest BCUT2D eigenvalue weighted by molar-refractivity contribution is 6.33. The third-order valence-corrected chi connectivity index (χ3v) is 4.51. The fourth-order valence-corrected chi connectivity index (χ4v) is 2.90. The molecule has 8 nitrogen and oxygen atoms in total. The molecule has 1 amide bonds. The van der Waals surface area contributed by atoms with Crippen molar-refractivity contribution in [2.24, 2.45) is 5.10 Å². The number of carbonyl (C=O) groups excluding carboxylic acids is 1. The van der Waals surface area contributed by atoms with Gasteiger partial charge in [-0.25, -0.2) is 14.8 Å². The summed E-state index contributed by atoms with van der Waals surface area (Å²) in [5.41, 5.74) is 1.95. The second kappa shape index (κ2) is 8.15. The average molecular weight is 413 g/mol. The first-order valence-corrected chi connectivity index (χ1v) is 8.92. The van der Waals surface area contributed by atoms with Gasteiger partial charge in [-0.2, -0.15) is 5.10 Å². The number of aromatic hydroxyl groups is 1. The van der Waals surface area contributed by atoms with Crippen LogP contribution in [-0.4, -0.2) is 26.3 Å². The zero-order valence-corrected chi connectivity index (χ0v) is 16.3. The number of carbonyl (C=O) groups is 1. The number of amides is 1. The molecule has 148 valence electrons. The Kier molecular flexibility index (Phi) is 5.65. The number of aromatic amines is 1. The second-order valence-corrected chi connectivity index (χ2v) is 6.65. The largest absolute Gasteiger partial charge is 0.493 e. The Morgan fingerprint density at radius 1 is 1.14 bits per heavy atom. The van der Waals surface area contributed by atoms with Crippen LogP contribution in [0.1, 0.15) is 28.4 Å². The summed E-state index contributed by atoms with van der Waals surface area (Å²) in [6.45, 7) is 3.30. The molecule has 1 heterocycles. The molecule has 0 atom stereocenters. The van der Waals surface area contributed by atoms with Crippen molar-refractivity contribution in [2.45, 2.75) is 13.8 Å². The van der Waals surface area contributed by atoms with Crippen LogP contribution in [-0.2, 0) is 0 Å². The van der Waals surface area contributed by atoms with Crippen molar-refractivity contribution >= 4 is 23.2 Å². The van der Waals surface area contributed by atoms with Crippen molar-refractivity contribution in [3.05, 3.63) is 91.1 Å². The topological polar surface area (TPSA) is 117 Å². The Hall–Kier alpha value is -3.65. The third kappa shape index (κ3) is 4.12. The number of halogens is 1. The molecule has 2 aromatic carbocycles. The standard InChI is InChI=1S/C20H17ClN4O4/c1-11-7-9-13(10-8-11)25-19(28)16(18(27)22-20(25)29)12(2)23-24-17(26)14-5-3-4-6-15(14)21/h3-10,28H,1-2H3,(H,24,26)(H,22,27,29)/b23-12+. The highest BCUT2D eigenvalue weighted by Crippen LogP contribution is 2.18. The molecule has 0 aliphatic heterocycles. The molecule has 0 spiro atoms. The predicted molar refractivity (Wildman–Crippen MR) is 110 cm³/mol. The van der Waals surface area contributed by atoms with E-state index in [1.54, 1.807) is 42.5 Å². The highest BCUT2D eigenvalue weighted by atomic mass is 35.5. The van der Waals surface area contributed by atoms with E-state index in [4.69, 9.17) is 11.6 Å². The lowest BCUT2D eigenvalue weighted by atomic mass is 10.2. The zero-order valence-electron chi connectivity index (χ0n) is 15.6. The third-order valence-electron chi connectivity index (χ3n) is 4.18. The Bertz CT molecular complexity index is 1230. The van der Waals surface area contributed by atoms with E-state index in [-0.39, 0.29) is 21.9 Å². The minimum atomic E-state index is -0.830. The lowest BCUT2D eigenvalue weighted by Gasteiger charge is -2.11. The number of hydrogen-bond acceptors (Lipinski definition) is 5. The van der Waals surface area contributed by atoms with Gasteiger partial charge in [0.05, 0.1) is 22.0 Å². The van der Waals surface area contributed by atoms with Crippen LogP contribution >= 0.6 is 11.6 Å². The van der Waals surface area contributed by atoms with Crippen LogP contribution in [0.2, 0.25) is 5.02 Å². The molecule has 0 fully saturated rings. The smallest absolute Gasteiger partial charge is 0.335 e. The molecule has 1 aromatic heterocycles. The molecule has 0 radical (unpaired) electrons. The Morgan fingerprint density at radius 3 is 2.45 bits per heavy atom. The SMILES string of the molecule is C/C(=N\NC(=O)c1ccccc1Cl)c1c(O)n(-c2ccc(C)cc2)c(=O)[nH]c1=O. The summed E-state index contributed by atoms with van der Waals surface area (Å²) in [5, 5.41) is 14.7. The molecule has 0 saturated heterocycles.